The summed E-state index contributed by atoms with van der Waals surface area (Å²) >= 11 is 0. The molecule has 0 saturated heterocycles. The Morgan fingerprint density at radius 3 is 2.50 bits per heavy atom. The van der Waals surface area contributed by atoms with E-state index >= 15 is 0 Å². The highest BCUT2D eigenvalue weighted by atomic mass is 19.1. The van der Waals surface area contributed by atoms with Crippen molar-refractivity contribution >= 4 is 0 Å². The smallest absolute Gasteiger partial charge is 0.126 e. The Bertz CT molecular complexity index is 420. The van der Waals surface area contributed by atoms with Gasteiger partial charge in [-0.25, -0.2) is 4.39 Å². The van der Waals surface area contributed by atoms with Crippen LogP contribution in [0.15, 0.2) is 12.1 Å². The number of rotatable bonds is 8. The molecule has 0 aliphatic heterocycles. The molecule has 1 aromatic rings. The maximum atomic E-state index is 13.8. The average Bonchev–Trinajstić information content (AvgIpc) is 2.40. The monoisotopic (exact) mass is 281 g/mol. The molecule has 20 heavy (non-hydrogen) atoms. The van der Waals surface area contributed by atoms with Gasteiger partial charge in [-0.05, 0) is 57.9 Å². The summed E-state index contributed by atoms with van der Waals surface area (Å²) in [5, 5.41) is 3.39. The third-order valence-electron chi connectivity index (χ3n) is 3.48. The zero-order chi connectivity index (χ0) is 15.1. The van der Waals surface area contributed by atoms with Gasteiger partial charge < -0.3 is 10.1 Å². The summed E-state index contributed by atoms with van der Waals surface area (Å²) in [5.41, 5.74) is 1.54. The minimum atomic E-state index is -0.166. The highest BCUT2D eigenvalue weighted by Crippen LogP contribution is 2.29. The highest BCUT2D eigenvalue weighted by molar-refractivity contribution is 5.40. The molecular formula is C17H28FNO. The first-order valence-corrected chi connectivity index (χ1v) is 7.69. The minimum Gasteiger partial charge on any atom is -0.490 e. The van der Waals surface area contributed by atoms with E-state index in [2.05, 4.69) is 33.0 Å². The summed E-state index contributed by atoms with van der Waals surface area (Å²) in [5.74, 6) is 0.640. The van der Waals surface area contributed by atoms with Crippen molar-refractivity contribution in [3.8, 4) is 5.75 Å². The summed E-state index contributed by atoms with van der Waals surface area (Å²) < 4.78 is 19.9. The molecule has 1 N–H and O–H groups in total. The zero-order valence-electron chi connectivity index (χ0n) is 13.4. The van der Waals surface area contributed by atoms with E-state index in [0.717, 1.165) is 37.1 Å². The predicted molar refractivity (Wildman–Crippen MR) is 82.8 cm³/mol. The van der Waals surface area contributed by atoms with E-state index in [1.54, 1.807) is 13.0 Å². The van der Waals surface area contributed by atoms with Gasteiger partial charge in [0.15, 0.2) is 0 Å². The van der Waals surface area contributed by atoms with E-state index in [9.17, 15) is 4.39 Å². The quantitative estimate of drug-likeness (QED) is 0.741. The Morgan fingerprint density at radius 1 is 1.20 bits per heavy atom. The minimum absolute atomic E-state index is 0.0916. The Kier molecular flexibility index (Phi) is 7.00. The van der Waals surface area contributed by atoms with Crippen LogP contribution >= 0.6 is 0 Å². The van der Waals surface area contributed by atoms with Gasteiger partial charge in [0, 0.05) is 11.6 Å². The molecule has 3 heteroatoms. The number of hydrogen-bond donors (Lipinski definition) is 1. The molecule has 0 amide bonds. The van der Waals surface area contributed by atoms with Gasteiger partial charge in [-0.2, -0.15) is 0 Å². The number of aryl methyl sites for hydroxylation is 1. The van der Waals surface area contributed by atoms with Crippen LogP contribution in [-0.2, 0) is 0 Å². The maximum Gasteiger partial charge on any atom is 0.126 e. The Balaban J connectivity index is 2.97. The molecule has 1 aromatic carbocycles. The second kappa shape index (κ2) is 8.25. The topological polar surface area (TPSA) is 21.3 Å². The average molecular weight is 281 g/mol. The van der Waals surface area contributed by atoms with Crippen LogP contribution in [0.5, 0.6) is 5.75 Å². The van der Waals surface area contributed by atoms with Crippen LogP contribution in [0.25, 0.3) is 0 Å². The lowest BCUT2D eigenvalue weighted by Gasteiger charge is -2.22. The van der Waals surface area contributed by atoms with Gasteiger partial charge in [-0.15, -0.1) is 0 Å². The molecular weight excluding hydrogens is 253 g/mol. The number of hydrogen-bond acceptors (Lipinski definition) is 2. The molecule has 0 aliphatic carbocycles. The SMILES string of the molecule is CCCNC(C)c1cc(F)c(C)cc1OC(C)CCC. The molecule has 0 bridgehead atoms. The fraction of sp³-hybridized carbons (Fsp3) is 0.647. The van der Waals surface area contributed by atoms with Gasteiger partial charge in [-0.3, -0.25) is 0 Å². The summed E-state index contributed by atoms with van der Waals surface area (Å²) in [6, 6.07) is 3.52. The fourth-order valence-electron chi connectivity index (χ4n) is 2.26. The number of benzene rings is 1. The normalized spacial score (nSPS) is 14.1. The van der Waals surface area contributed by atoms with Crippen LogP contribution in [0.4, 0.5) is 4.39 Å². The molecule has 2 atom stereocenters. The Morgan fingerprint density at radius 2 is 1.90 bits per heavy atom. The third-order valence-corrected chi connectivity index (χ3v) is 3.48. The molecule has 0 fully saturated rings. The largest absolute Gasteiger partial charge is 0.490 e. The van der Waals surface area contributed by atoms with Crippen LogP contribution in [0.1, 0.15) is 64.1 Å². The molecule has 0 heterocycles. The lowest BCUT2D eigenvalue weighted by molar-refractivity contribution is 0.206. The number of halogens is 1. The molecule has 0 aromatic heterocycles. The molecule has 0 aliphatic rings. The molecule has 2 nitrogen and oxygen atoms in total. The van der Waals surface area contributed by atoms with Gasteiger partial charge in [0.1, 0.15) is 11.6 Å². The molecule has 114 valence electrons. The second-order valence-electron chi connectivity index (χ2n) is 5.53. The first-order chi connectivity index (χ1) is 9.49. The molecule has 0 saturated carbocycles. The lowest BCUT2D eigenvalue weighted by atomic mass is 10.0. The third kappa shape index (κ3) is 4.78. The standard InChI is InChI=1S/C17H28FNO/c1-6-8-13(4)20-17-10-12(3)16(18)11-15(17)14(5)19-9-7-2/h10-11,13-14,19H,6-9H2,1-5H3. The second-order valence-corrected chi connectivity index (χ2v) is 5.53. The van der Waals surface area contributed by atoms with E-state index < -0.39 is 0 Å². The van der Waals surface area contributed by atoms with Crippen molar-refractivity contribution in [2.24, 2.45) is 0 Å². The summed E-state index contributed by atoms with van der Waals surface area (Å²) in [4.78, 5) is 0. The van der Waals surface area contributed by atoms with E-state index in [4.69, 9.17) is 4.74 Å². The van der Waals surface area contributed by atoms with Crippen LogP contribution in [0, 0.1) is 12.7 Å². The predicted octanol–water partition coefficient (Wildman–Crippen LogP) is 4.76. The van der Waals surface area contributed by atoms with E-state index in [1.807, 2.05) is 6.07 Å². The lowest BCUT2D eigenvalue weighted by Crippen LogP contribution is -2.21. The van der Waals surface area contributed by atoms with Crippen LogP contribution in [0.3, 0.4) is 0 Å². The first kappa shape index (κ1) is 17.0. The van der Waals surface area contributed by atoms with Crippen molar-refractivity contribution in [2.75, 3.05) is 6.54 Å². The summed E-state index contributed by atoms with van der Waals surface area (Å²) in [7, 11) is 0. The highest BCUT2D eigenvalue weighted by Gasteiger charge is 2.16. The molecule has 0 spiro atoms. The summed E-state index contributed by atoms with van der Waals surface area (Å²) in [6.45, 7) is 11.1. The zero-order valence-corrected chi connectivity index (χ0v) is 13.4. The number of ether oxygens (including phenoxy) is 1. The van der Waals surface area contributed by atoms with Crippen molar-refractivity contribution in [1.29, 1.82) is 0 Å². The van der Waals surface area contributed by atoms with Crippen molar-refractivity contribution in [3.63, 3.8) is 0 Å². The van der Waals surface area contributed by atoms with Crippen molar-refractivity contribution in [1.82, 2.24) is 5.32 Å². The maximum absolute atomic E-state index is 13.8. The Hall–Kier alpha value is -1.09. The van der Waals surface area contributed by atoms with Gasteiger partial charge >= 0.3 is 0 Å². The number of nitrogens with one attached hydrogen (secondary N) is 1. The van der Waals surface area contributed by atoms with Gasteiger partial charge in [0.05, 0.1) is 6.10 Å². The van der Waals surface area contributed by atoms with E-state index in [-0.39, 0.29) is 18.0 Å². The van der Waals surface area contributed by atoms with Crippen LogP contribution in [0.2, 0.25) is 0 Å². The van der Waals surface area contributed by atoms with Gasteiger partial charge in [0.25, 0.3) is 0 Å². The molecule has 2 unspecified atom stereocenters. The van der Waals surface area contributed by atoms with Gasteiger partial charge in [-0.1, -0.05) is 20.3 Å². The molecule has 0 radical (unpaired) electrons. The summed E-state index contributed by atoms with van der Waals surface area (Å²) in [6.07, 6.45) is 3.30. The Labute approximate surface area is 122 Å². The van der Waals surface area contributed by atoms with Crippen molar-refractivity contribution in [2.45, 2.75) is 66.0 Å². The molecule has 1 rings (SSSR count). The van der Waals surface area contributed by atoms with Gasteiger partial charge in [0.2, 0.25) is 0 Å². The fourth-order valence-corrected chi connectivity index (χ4v) is 2.26. The van der Waals surface area contributed by atoms with E-state index in [1.165, 1.54) is 0 Å². The van der Waals surface area contributed by atoms with Crippen LogP contribution in [-0.4, -0.2) is 12.6 Å². The van der Waals surface area contributed by atoms with Crippen molar-refractivity contribution < 1.29 is 9.13 Å². The van der Waals surface area contributed by atoms with Crippen LogP contribution < -0.4 is 10.1 Å². The van der Waals surface area contributed by atoms with E-state index in [0.29, 0.717) is 5.56 Å². The first-order valence-electron chi connectivity index (χ1n) is 7.69. The van der Waals surface area contributed by atoms with Crippen molar-refractivity contribution in [3.05, 3.63) is 29.1 Å².